The van der Waals surface area contributed by atoms with Gasteiger partial charge >= 0.3 is 0 Å². The van der Waals surface area contributed by atoms with Gasteiger partial charge in [-0.05, 0) is 126 Å². The average Bonchev–Trinajstić information content (AvgIpc) is 3.57. The zero-order valence-electron chi connectivity index (χ0n) is 26.4. The number of benzene rings is 2. The van der Waals surface area contributed by atoms with Gasteiger partial charge in [0, 0.05) is 43.2 Å². The van der Waals surface area contributed by atoms with Crippen molar-refractivity contribution in [2.45, 2.75) is 107 Å². The van der Waals surface area contributed by atoms with E-state index in [4.69, 9.17) is 11.6 Å². The molecule has 0 radical (unpaired) electrons. The van der Waals surface area contributed by atoms with Crippen LogP contribution >= 0.6 is 11.6 Å². The molecule has 1 saturated carbocycles. The van der Waals surface area contributed by atoms with Gasteiger partial charge in [-0.3, -0.25) is 9.69 Å². The number of aryl methyl sites for hydroxylation is 2. The number of rotatable bonds is 10. The molecule has 2 aliphatic heterocycles. The molecule has 236 valence electrons. The summed E-state index contributed by atoms with van der Waals surface area (Å²) < 4.78 is 29.1. The molecule has 3 aliphatic rings. The Balaban J connectivity index is 1.14. The molecular weight excluding hydrogens is 578 g/mol. The third-order valence-corrected chi connectivity index (χ3v) is 13.1. The van der Waals surface area contributed by atoms with Crippen molar-refractivity contribution in [3.63, 3.8) is 0 Å². The van der Waals surface area contributed by atoms with Crippen molar-refractivity contribution in [3.05, 3.63) is 64.2 Å². The van der Waals surface area contributed by atoms with Crippen LogP contribution in [0.5, 0.6) is 0 Å². The molecule has 2 saturated heterocycles. The van der Waals surface area contributed by atoms with Crippen LogP contribution in [0.4, 0.5) is 0 Å². The van der Waals surface area contributed by atoms with Crippen LogP contribution in [0.1, 0.15) is 93.7 Å². The number of halogens is 1. The monoisotopic (exact) mass is 627 g/mol. The molecule has 6 nitrogen and oxygen atoms in total. The number of carbonyl (C=O) groups is 1. The first-order valence-corrected chi connectivity index (χ1v) is 18.3. The Bertz CT molecular complexity index is 1350. The van der Waals surface area contributed by atoms with Crippen molar-refractivity contribution in [2.75, 3.05) is 33.2 Å². The molecule has 0 N–H and O–H groups in total. The molecule has 3 fully saturated rings. The lowest BCUT2D eigenvalue weighted by molar-refractivity contribution is -0.130. The molecule has 1 unspecified atom stereocenters. The fourth-order valence-electron chi connectivity index (χ4n) is 7.84. The Hall–Kier alpha value is -1.93. The molecule has 2 aromatic rings. The Morgan fingerprint density at radius 3 is 2.30 bits per heavy atom. The van der Waals surface area contributed by atoms with Crippen molar-refractivity contribution >= 4 is 27.5 Å². The van der Waals surface area contributed by atoms with Gasteiger partial charge < -0.3 is 4.90 Å². The highest BCUT2D eigenvalue weighted by molar-refractivity contribution is 7.89. The molecule has 1 aliphatic carbocycles. The fraction of sp³-hybridized carbons (Fsp3) is 0.629. The number of nitrogens with zero attached hydrogens (tertiary/aromatic N) is 3. The third kappa shape index (κ3) is 7.16. The third-order valence-electron chi connectivity index (χ3n) is 10.6. The lowest BCUT2D eigenvalue weighted by Crippen LogP contribution is -2.47. The van der Waals surface area contributed by atoms with Gasteiger partial charge in [-0.15, -0.1) is 0 Å². The van der Waals surface area contributed by atoms with Gasteiger partial charge in [0.2, 0.25) is 15.9 Å². The molecular formula is C35H50ClN3O3S. The van der Waals surface area contributed by atoms with Crippen LogP contribution in [-0.2, 0) is 20.4 Å². The van der Waals surface area contributed by atoms with Gasteiger partial charge in [-0.25, -0.2) is 8.42 Å². The van der Waals surface area contributed by atoms with Gasteiger partial charge in [-0.1, -0.05) is 48.4 Å². The topological polar surface area (TPSA) is 60.9 Å². The molecule has 2 aromatic carbocycles. The van der Waals surface area contributed by atoms with Crippen molar-refractivity contribution in [2.24, 2.45) is 5.92 Å². The average molecular weight is 628 g/mol. The van der Waals surface area contributed by atoms with Crippen LogP contribution in [0.15, 0.2) is 47.4 Å². The highest BCUT2D eigenvalue weighted by atomic mass is 35.5. The van der Waals surface area contributed by atoms with E-state index in [2.05, 4.69) is 35.2 Å². The number of piperidine rings is 1. The van der Waals surface area contributed by atoms with E-state index >= 15 is 0 Å². The van der Waals surface area contributed by atoms with Crippen LogP contribution in [0.25, 0.3) is 0 Å². The van der Waals surface area contributed by atoms with E-state index in [1.54, 1.807) is 23.4 Å². The summed E-state index contributed by atoms with van der Waals surface area (Å²) in [6.07, 6.45) is 12.0. The first kappa shape index (κ1) is 32.5. The summed E-state index contributed by atoms with van der Waals surface area (Å²) in [5.74, 6) is 0.757. The molecule has 8 heteroatoms. The Morgan fingerprint density at radius 1 is 0.930 bits per heavy atom. The number of hydrogen-bond donors (Lipinski definition) is 0. The van der Waals surface area contributed by atoms with Crippen LogP contribution in [0.3, 0.4) is 0 Å². The smallest absolute Gasteiger partial charge is 0.243 e. The van der Waals surface area contributed by atoms with E-state index < -0.39 is 10.0 Å². The molecule has 2 heterocycles. The minimum atomic E-state index is -3.66. The van der Waals surface area contributed by atoms with Gasteiger partial charge in [0.25, 0.3) is 0 Å². The van der Waals surface area contributed by atoms with Crippen molar-refractivity contribution in [3.8, 4) is 0 Å². The van der Waals surface area contributed by atoms with Gasteiger partial charge in [0.15, 0.2) is 0 Å². The van der Waals surface area contributed by atoms with Crippen LogP contribution in [-0.4, -0.2) is 67.7 Å². The zero-order chi connectivity index (χ0) is 30.6. The maximum absolute atomic E-state index is 13.7. The highest BCUT2D eigenvalue weighted by Gasteiger charge is 2.42. The lowest BCUT2D eigenvalue weighted by Gasteiger charge is -2.47. The SMILES string of the molecule is Cc1cc(S(=O)(=O)N2CCCCC2CCC(=O)N(C)CCC2CCC(c3ccccc3)(N3CCCC3)CC2)c(C)cc1Cl. The molecule has 0 bridgehead atoms. The Morgan fingerprint density at radius 2 is 1.60 bits per heavy atom. The van der Waals surface area contributed by atoms with Gasteiger partial charge in [0.05, 0.1) is 4.90 Å². The number of amides is 1. The van der Waals surface area contributed by atoms with Crippen molar-refractivity contribution in [1.82, 2.24) is 14.1 Å². The van der Waals surface area contributed by atoms with Gasteiger partial charge in [0.1, 0.15) is 0 Å². The second-order valence-electron chi connectivity index (χ2n) is 13.3. The molecule has 1 atom stereocenters. The van der Waals surface area contributed by atoms with Crippen molar-refractivity contribution < 1.29 is 13.2 Å². The minimum Gasteiger partial charge on any atom is -0.346 e. The van der Waals surface area contributed by atoms with E-state index in [0.717, 1.165) is 37.8 Å². The minimum absolute atomic E-state index is 0.118. The summed E-state index contributed by atoms with van der Waals surface area (Å²) in [5.41, 5.74) is 3.07. The Labute approximate surface area is 264 Å². The second kappa shape index (κ2) is 14.0. The summed E-state index contributed by atoms with van der Waals surface area (Å²) in [4.78, 5) is 18.2. The summed E-state index contributed by atoms with van der Waals surface area (Å²) in [5, 5.41) is 0.579. The first-order valence-electron chi connectivity index (χ1n) is 16.4. The quantitative estimate of drug-likeness (QED) is 0.277. The molecule has 0 spiro atoms. The summed E-state index contributed by atoms with van der Waals surface area (Å²) in [7, 11) is -1.75. The number of carbonyl (C=O) groups excluding carboxylic acids is 1. The normalized spacial score (nSPS) is 25.6. The summed E-state index contributed by atoms with van der Waals surface area (Å²) in [6, 6.07) is 14.4. The van der Waals surface area contributed by atoms with E-state index in [-0.39, 0.29) is 17.5 Å². The predicted molar refractivity (Wildman–Crippen MR) is 175 cm³/mol. The predicted octanol–water partition coefficient (Wildman–Crippen LogP) is 7.31. The molecule has 5 rings (SSSR count). The lowest BCUT2D eigenvalue weighted by atomic mass is 9.71. The van der Waals surface area contributed by atoms with Crippen LogP contribution in [0, 0.1) is 19.8 Å². The fourth-order valence-corrected chi connectivity index (χ4v) is 10.1. The number of sulfonamides is 1. The molecule has 0 aromatic heterocycles. The second-order valence-corrected chi connectivity index (χ2v) is 15.6. The van der Waals surface area contributed by atoms with E-state index in [9.17, 15) is 13.2 Å². The standard InChI is InChI=1S/C35H50ClN3O3S/c1-27-26-33(28(2)25-32(27)36)43(41,42)39-23-8-7-13-31(39)14-15-34(40)37(3)24-18-29-16-19-35(20-17-29,38-21-9-10-22-38)30-11-5-4-6-12-30/h4-6,11-12,25-26,29,31H,7-10,13-24H2,1-3H3. The number of hydrogen-bond acceptors (Lipinski definition) is 4. The zero-order valence-corrected chi connectivity index (χ0v) is 27.9. The van der Waals surface area contributed by atoms with Crippen LogP contribution < -0.4 is 0 Å². The summed E-state index contributed by atoms with van der Waals surface area (Å²) in [6.45, 7) is 7.31. The molecule has 1 amide bonds. The molecule has 43 heavy (non-hydrogen) atoms. The highest BCUT2D eigenvalue weighted by Crippen LogP contribution is 2.46. The van der Waals surface area contributed by atoms with E-state index in [0.29, 0.717) is 40.8 Å². The van der Waals surface area contributed by atoms with Gasteiger partial charge in [-0.2, -0.15) is 4.31 Å². The first-order chi connectivity index (χ1) is 20.6. The number of likely N-dealkylation sites (tertiary alicyclic amines) is 1. The maximum atomic E-state index is 13.7. The van der Waals surface area contributed by atoms with Crippen LogP contribution in [0.2, 0.25) is 5.02 Å². The van der Waals surface area contributed by atoms with E-state index in [1.165, 1.54) is 57.2 Å². The largest absolute Gasteiger partial charge is 0.346 e. The van der Waals surface area contributed by atoms with Crippen molar-refractivity contribution in [1.29, 1.82) is 0 Å². The Kier molecular flexibility index (Phi) is 10.6. The summed E-state index contributed by atoms with van der Waals surface area (Å²) >= 11 is 6.25. The maximum Gasteiger partial charge on any atom is 0.243 e. The van der Waals surface area contributed by atoms with E-state index in [1.807, 2.05) is 18.9 Å².